The molecular formula is C21H25ClO4S. The van der Waals surface area contributed by atoms with Gasteiger partial charge in [0.1, 0.15) is 0 Å². The Morgan fingerprint density at radius 1 is 1.00 bits per heavy atom. The van der Waals surface area contributed by atoms with E-state index in [9.17, 15) is 13.2 Å². The lowest BCUT2D eigenvalue weighted by Gasteiger charge is -2.20. The molecule has 0 radical (unpaired) electrons. The highest BCUT2D eigenvalue weighted by Crippen LogP contribution is 2.29. The molecule has 4 nitrogen and oxygen atoms in total. The van der Waals surface area contributed by atoms with Crippen LogP contribution in [0, 0.1) is 0 Å². The fourth-order valence-electron chi connectivity index (χ4n) is 3.10. The first-order valence-corrected chi connectivity index (χ1v) is 11.0. The summed E-state index contributed by atoms with van der Waals surface area (Å²) >= 11 is 5.95. The summed E-state index contributed by atoms with van der Waals surface area (Å²) in [5, 5.41) is -0.550. The summed E-state index contributed by atoms with van der Waals surface area (Å²) in [6, 6.07) is 15.6. The molecule has 0 bridgehead atoms. The van der Waals surface area contributed by atoms with Gasteiger partial charge in [0.05, 0.1) is 11.5 Å². The smallest absolute Gasteiger partial charge is 0.324 e. The number of carbonyl (C=O) groups is 1. The first-order chi connectivity index (χ1) is 12.9. The van der Waals surface area contributed by atoms with E-state index in [-0.39, 0.29) is 23.8 Å². The topological polar surface area (TPSA) is 60.4 Å². The van der Waals surface area contributed by atoms with Crippen molar-refractivity contribution in [2.45, 2.75) is 49.2 Å². The fraction of sp³-hybridized carbons (Fsp3) is 0.381. The molecule has 146 valence electrons. The lowest BCUT2D eigenvalue weighted by atomic mass is 9.91. The quantitative estimate of drug-likeness (QED) is 0.546. The van der Waals surface area contributed by atoms with Crippen LogP contribution in [-0.2, 0) is 19.4 Å². The third kappa shape index (κ3) is 5.56. The van der Waals surface area contributed by atoms with E-state index in [0.29, 0.717) is 11.4 Å². The van der Waals surface area contributed by atoms with E-state index < -0.39 is 21.1 Å². The third-order valence-electron chi connectivity index (χ3n) is 4.61. The molecule has 0 saturated heterocycles. The summed E-state index contributed by atoms with van der Waals surface area (Å²) in [5.74, 6) is -0.544. The number of hydrogen-bond donors (Lipinski definition) is 0. The summed E-state index contributed by atoms with van der Waals surface area (Å²) in [4.78, 5) is 12.6. The Morgan fingerprint density at radius 3 is 2.19 bits per heavy atom. The first kappa shape index (κ1) is 21.5. The maximum Gasteiger partial charge on any atom is 0.324 e. The normalized spacial score (nSPS) is 13.7. The lowest BCUT2D eigenvalue weighted by Crippen LogP contribution is -2.32. The van der Waals surface area contributed by atoms with Gasteiger partial charge < -0.3 is 4.74 Å². The Labute approximate surface area is 166 Å². The predicted octanol–water partition coefficient (Wildman–Crippen LogP) is 5.02. The van der Waals surface area contributed by atoms with Gasteiger partial charge in [-0.05, 0) is 61.9 Å². The van der Waals surface area contributed by atoms with Crippen molar-refractivity contribution >= 4 is 27.4 Å². The molecular weight excluding hydrogens is 384 g/mol. The highest BCUT2D eigenvalue weighted by atomic mass is 35.5. The van der Waals surface area contributed by atoms with E-state index in [0.717, 1.165) is 12.0 Å². The minimum absolute atomic E-state index is 0.141. The maximum atomic E-state index is 13.0. The molecule has 2 unspecified atom stereocenters. The Hall–Kier alpha value is -1.85. The second-order valence-electron chi connectivity index (χ2n) is 6.33. The SMILES string of the molecule is CCOC(=O)C(CCC(CC)c1ccc(Cl)cc1)S(=O)(=O)c1ccccc1. The number of esters is 1. The zero-order chi connectivity index (χ0) is 19.9. The molecule has 2 aromatic carbocycles. The van der Waals surface area contributed by atoms with Gasteiger partial charge >= 0.3 is 5.97 Å². The average Bonchev–Trinajstić information content (AvgIpc) is 2.67. The molecule has 0 aliphatic heterocycles. The molecule has 2 rings (SSSR count). The van der Waals surface area contributed by atoms with Gasteiger partial charge in [0.25, 0.3) is 0 Å². The van der Waals surface area contributed by atoms with Gasteiger partial charge in [-0.3, -0.25) is 4.79 Å². The Kier molecular flexibility index (Phi) is 7.87. The molecule has 0 aliphatic carbocycles. The van der Waals surface area contributed by atoms with Crippen LogP contribution in [0.2, 0.25) is 5.02 Å². The molecule has 0 fully saturated rings. The molecule has 0 heterocycles. The molecule has 2 aromatic rings. The number of ether oxygens (including phenoxy) is 1. The number of halogens is 1. The van der Waals surface area contributed by atoms with Crippen molar-refractivity contribution in [2.75, 3.05) is 6.61 Å². The maximum absolute atomic E-state index is 13.0. The van der Waals surface area contributed by atoms with Crippen LogP contribution in [0.25, 0.3) is 0 Å². The minimum atomic E-state index is -3.81. The van der Waals surface area contributed by atoms with Crippen LogP contribution in [-0.4, -0.2) is 26.2 Å². The Morgan fingerprint density at radius 2 is 1.63 bits per heavy atom. The molecule has 0 N–H and O–H groups in total. The Bertz CT molecular complexity index is 832. The number of rotatable bonds is 9. The van der Waals surface area contributed by atoms with Crippen molar-refractivity contribution < 1.29 is 17.9 Å². The van der Waals surface area contributed by atoms with E-state index in [1.54, 1.807) is 25.1 Å². The zero-order valence-electron chi connectivity index (χ0n) is 15.6. The second-order valence-corrected chi connectivity index (χ2v) is 8.90. The van der Waals surface area contributed by atoms with Gasteiger partial charge in [-0.15, -0.1) is 0 Å². The van der Waals surface area contributed by atoms with Gasteiger partial charge in [0.2, 0.25) is 0 Å². The van der Waals surface area contributed by atoms with Crippen LogP contribution >= 0.6 is 11.6 Å². The van der Waals surface area contributed by atoms with Crippen LogP contribution in [0.4, 0.5) is 0 Å². The molecule has 0 spiro atoms. The third-order valence-corrected chi connectivity index (χ3v) is 6.97. The molecule has 6 heteroatoms. The largest absolute Gasteiger partial charge is 0.465 e. The van der Waals surface area contributed by atoms with E-state index in [2.05, 4.69) is 0 Å². The summed E-state index contributed by atoms with van der Waals surface area (Å²) in [7, 11) is -3.81. The van der Waals surface area contributed by atoms with E-state index >= 15 is 0 Å². The minimum Gasteiger partial charge on any atom is -0.465 e. The Balaban J connectivity index is 2.24. The number of sulfone groups is 1. The zero-order valence-corrected chi connectivity index (χ0v) is 17.2. The highest BCUT2D eigenvalue weighted by molar-refractivity contribution is 7.92. The van der Waals surface area contributed by atoms with Crippen LogP contribution in [0.15, 0.2) is 59.5 Å². The molecule has 0 aromatic heterocycles. The van der Waals surface area contributed by atoms with Gasteiger partial charge in [-0.1, -0.05) is 48.9 Å². The van der Waals surface area contributed by atoms with Crippen molar-refractivity contribution in [3.8, 4) is 0 Å². The molecule has 0 aliphatic rings. The molecule has 0 saturated carbocycles. The highest BCUT2D eigenvalue weighted by Gasteiger charge is 2.35. The lowest BCUT2D eigenvalue weighted by molar-refractivity contribution is -0.142. The number of carbonyl (C=O) groups excluding carboxylic acids is 1. The van der Waals surface area contributed by atoms with Gasteiger partial charge in [0.15, 0.2) is 15.1 Å². The van der Waals surface area contributed by atoms with Crippen LogP contribution in [0.5, 0.6) is 0 Å². The number of benzene rings is 2. The summed E-state index contributed by atoms with van der Waals surface area (Å²) in [6.07, 6.45) is 1.60. The van der Waals surface area contributed by atoms with Crippen molar-refractivity contribution in [3.05, 3.63) is 65.2 Å². The molecule has 27 heavy (non-hydrogen) atoms. The standard InChI is InChI=1S/C21H25ClO4S/c1-3-16(17-10-13-18(22)14-11-17)12-15-20(21(23)26-4-2)27(24,25)19-8-6-5-7-9-19/h5-11,13-14,16,20H,3-4,12,15H2,1-2H3. The van der Waals surface area contributed by atoms with Crippen LogP contribution in [0.3, 0.4) is 0 Å². The fourth-order valence-corrected chi connectivity index (χ4v) is 4.86. The van der Waals surface area contributed by atoms with E-state index in [1.807, 2.05) is 31.2 Å². The van der Waals surface area contributed by atoms with Crippen LogP contribution in [0.1, 0.15) is 44.6 Å². The monoisotopic (exact) mass is 408 g/mol. The first-order valence-electron chi connectivity index (χ1n) is 9.11. The van der Waals surface area contributed by atoms with Crippen LogP contribution < -0.4 is 0 Å². The molecule has 0 amide bonds. The predicted molar refractivity (Wildman–Crippen MR) is 108 cm³/mol. The van der Waals surface area contributed by atoms with Gasteiger partial charge in [0, 0.05) is 5.02 Å². The second kappa shape index (κ2) is 9.90. The van der Waals surface area contributed by atoms with Crippen molar-refractivity contribution in [3.63, 3.8) is 0 Å². The van der Waals surface area contributed by atoms with Gasteiger partial charge in [-0.2, -0.15) is 0 Å². The molecule has 2 atom stereocenters. The average molecular weight is 409 g/mol. The van der Waals surface area contributed by atoms with Gasteiger partial charge in [-0.25, -0.2) is 8.42 Å². The van der Waals surface area contributed by atoms with Crippen molar-refractivity contribution in [1.82, 2.24) is 0 Å². The van der Waals surface area contributed by atoms with E-state index in [4.69, 9.17) is 16.3 Å². The van der Waals surface area contributed by atoms with Crippen molar-refractivity contribution in [2.24, 2.45) is 0 Å². The van der Waals surface area contributed by atoms with E-state index in [1.165, 1.54) is 12.1 Å². The summed E-state index contributed by atoms with van der Waals surface area (Å²) in [5.41, 5.74) is 1.08. The number of hydrogen-bond acceptors (Lipinski definition) is 4. The van der Waals surface area contributed by atoms with Crippen molar-refractivity contribution in [1.29, 1.82) is 0 Å². The summed E-state index contributed by atoms with van der Waals surface area (Å²) in [6.45, 7) is 3.87. The summed E-state index contributed by atoms with van der Waals surface area (Å²) < 4.78 is 31.1.